The van der Waals surface area contributed by atoms with Crippen molar-refractivity contribution in [1.29, 1.82) is 0 Å². The van der Waals surface area contributed by atoms with Gasteiger partial charge in [0.25, 0.3) is 5.56 Å². The zero-order chi connectivity index (χ0) is 24.7. The summed E-state index contributed by atoms with van der Waals surface area (Å²) >= 11 is 12.3. The molecule has 2 heterocycles. The van der Waals surface area contributed by atoms with E-state index in [0.29, 0.717) is 39.3 Å². The molecule has 34 heavy (non-hydrogen) atoms. The van der Waals surface area contributed by atoms with Crippen LogP contribution in [-0.4, -0.2) is 47.5 Å². The van der Waals surface area contributed by atoms with Crippen LogP contribution in [0.1, 0.15) is 32.2 Å². The van der Waals surface area contributed by atoms with Crippen LogP contribution in [-0.2, 0) is 14.3 Å². The van der Waals surface area contributed by atoms with Gasteiger partial charge in [0.2, 0.25) is 0 Å². The molecule has 0 aliphatic rings. The van der Waals surface area contributed by atoms with E-state index in [0.717, 1.165) is 12.8 Å². The Morgan fingerprint density at radius 1 is 1.12 bits per heavy atom. The maximum atomic E-state index is 13.2. The highest BCUT2D eigenvalue weighted by Crippen LogP contribution is 2.35. The van der Waals surface area contributed by atoms with E-state index in [1.54, 1.807) is 35.3 Å². The lowest BCUT2D eigenvalue weighted by Gasteiger charge is -2.21. The molecule has 0 radical (unpaired) electrons. The van der Waals surface area contributed by atoms with Gasteiger partial charge < -0.3 is 18.8 Å². The summed E-state index contributed by atoms with van der Waals surface area (Å²) in [5.74, 6) is -0.1000. The summed E-state index contributed by atoms with van der Waals surface area (Å²) in [7, 11) is 3.03. The minimum Gasteiger partial charge on any atom is -0.495 e. The zero-order valence-electron chi connectivity index (χ0n) is 19.3. The van der Waals surface area contributed by atoms with Crippen LogP contribution in [0, 0.1) is 0 Å². The molecule has 0 saturated carbocycles. The zero-order valence-corrected chi connectivity index (χ0v) is 20.8. The monoisotopic (exact) mass is 507 g/mol. The number of carbonyl (C=O) groups excluding carboxylic acids is 1. The number of carbonyl (C=O) groups is 1. The molecule has 0 bridgehead atoms. The quantitative estimate of drug-likeness (QED) is 0.270. The van der Waals surface area contributed by atoms with Crippen molar-refractivity contribution in [1.82, 2.24) is 14.1 Å². The Hall–Kier alpha value is -2.81. The highest BCUT2D eigenvalue weighted by Gasteiger charge is 2.25. The average molecular weight is 508 g/mol. The number of rotatable bonds is 11. The van der Waals surface area contributed by atoms with Gasteiger partial charge in [-0.05, 0) is 24.6 Å². The molecular weight excluding hydrogens is 481 g/mol. The summed E-state index contributed by atoms with van der Waals surface area (Å²) < 4.78 is 19.2. The van der Waals surface area contributed by atoms with Crippen LogP contribution in [0.5, 0.6) is 5.75 Å². The third-order valence-electron chi connectivity index (χ3n) is 5.29. The second-order valence-corrected chi connectivity index (χ2v) is 8.41. The summed E-state index contributed by atoms with van der Waals surface area (Å²) in [5.41, 5.74) is 1.46. The van der Waals surface area contributed by atoms with Crippen LogP contribution in [0.15, 0.2) is 47.8 Å². The summed E-state index contributed by atoms with van der Waals surface area (Å²) in [6.45, 7) is 2.58. The highest BCUT2D eigenvalue weighted by atomic mass is 35.5. The van der Waals surface area contributed by atoms with Crippen molar-refractivity contribution in [2.45, 2.75) is 32.2 Å². The van der Waals surface area contributed by atoms with Crippen molar-refractivity contribution < 1.29 is 19.0 Å². The lowest BCUT2D eigenvalue weighted by atomic mass is 10.0. The lowest BCUT2D eigenvalue weighted by molar-refractivity contribution is -0.148. The van der Waals surface area contributed by atoms with E-state index < -0.39 is 12.0 Å². The molecule has 3 aromatic rings. The Morgan fingerprint density at radius 3 is 2.56 bits per heavy atom. The molecule has 0 amide bonds. The van der Waals surface area contributed by atoms with Crippen LogP contribution in [0.25, 0.3) is 16.8 Å². The Labute approximate surface area is 208 Å². The fraction of sp³-hybridized carbons (Fsp3) is 0.375. The molecule has 1 atom stereocenters. The van der Waals surface area contributed by atoms with E-state index in [-0.39, 0.29) is 18.6 Å². The molecule has 1 unspecified atom stereocenters. The van der Waals surface area contributed by atoms with Gasteiger partial charge in [-0.2, -0.15) is 0 Å². The number of esters is 1. The normalized spacial score (nSPS) is 11.9. The molecule has 0 fully saturated rings. The van der Waals surface area contributed by atoms with Gasteiger partial charge in [-0.25, -0.2) is 9.78 Å². The Balaban J connectivity index is 2.10. The van der Waals surface area contributed by atoms with Crippen molar-refractivity contribution in [2.75, 3.05) is 27.4 Å². The predicted molar refractivity (Wildman–Crippen MR) is 131 cm³/mol. The molecule has 8 nitrogen and oxygen atoms in total. The third-order valence-corrected chi connectivity index (χ3v) is 5.72. The first-order valence-corrected chi connectivity index (χ1v) is 11.6. The Morgan fingerprint density at radius 2 is 1.91 bits per heavy atom. The molecule has 3 rings (SSSR count). The molecular formula is C24H27Cl2N3O5. The number of methoxy groups -OCH3 is 2. The third kappa shape index (κ3) is 6.00. The molecule has 0 aliphatic carbocycles. The topological polar surface area (TPSA) is 84.6 Å². The van der Waals surface area contributed by atoms with Crippen LogP contribution < -0.4 is 10.3 Å². The second-order valence-electron chi connectivity index (χ2n) is 7.58. The van der Waals surface area contributed by atoms with Crippen molar-refractivity contribution in [2.24, 2.45) is 0 Å². The Bertz CT molecular complexity index is 1190. The number of imidazole rings is 1. The van der Waals surface area contributed by atoms with Crippen molar-refractivity contribution >= 4 is 29.2 Å². The number of hydrogen-bond acceptors (Lipinski definition) is 6. The standard InChI is InChI=1S/C24H27Cl2N3O5/c1-4-5-9-34-24(31)20(8-10-32-2)29-13-21(33-3)18(12-23(29)30)17-11-16(25)6-7-19(17)28-14-22(26)27-15-28/h6-7,11-15,20H,4-5,8-10H2,1-3H3. The molecule has 0 aliphatic heterocycles. The van der Waals surface area contributed by atoms with Crippen molar-refractivity contribution in [3.8, 4) is 22.6 Å². The van der Waals surface area contributed by atoms with Gasteiger partial charge in [0.05, 0.1) is 25.6 Å². The van der Waals surface area contributed by atoms with Gasteiger partial charge >= 0.3 is 5.97 Å². The fourth-order valence-corrected chi connectivity index (χ4v) is 3.86. The van der Waals surface area contributed by atoms with Crippen molar-refractivity contribution in [3.63, 3.8) is 0 Å². The minimum atomic E-state index is -0.849. The van der Waals surface area contributed by atoms with E-state index in [1.165, 1.54) is 31.0 Å². The molecule has 2 aromatic heterocycles. The molecule has 1 aromatic carbocycles. The second kappa shape index (κ2) is 12.1. The molecule has 0 saturated heterocycles. The van der Waals surface area contributed by atoms with Crippen LogP contribution in [0.2, 0.25) is 10.2 Å². The number of halogens is 2. The summed E-state index contributed by atoms with van der Waals surface area (Å²) in [6, 6.07) is 5.83. The number of benzene rings is 1. The largest absolute Gasteiger partial charge is 0.495 e. The number of hydrogen-bond donors (Lipinski definition) is 0. The van der Waals surface area contributed by atoms with Gasteiger partial charge in [-0.15, -0.1) is 0 Å². The molecule has 0 spiro atoms. The van der Waals surface area contributed by atoms with Crippen LogP contribution in [0.3, 0.4) is 0 Å². The van der Waals surface area contributed by atoms with Crippen molar-refractivity contribution in [3.05, 3.63) is 63.5 Å². The average Bonchev–Trinajstić information content (AvgIpc) is 3.26. The van der Waals surface area contributed by atoms with Gasteiger partial charge in [0, 0.05) is 48.6 Å². The van der Waals surface area contributed by atoms with Gasteiger partial charge in [-0.3, -0.25) is 9.36 Å². The number of ether oxygens (including phenoxy) is 3. The summed E-state index contributed by atoms with van der Waals surface area (Å²) in [5, 5.41) is 0.805. The number of aromatic nitrogens is 3. The first-order valence-electron chi connectivity index (χ1n) is 10.8. The molecule has 182 valence electrons. The van der Waals surface area contributed by atoms with Gasteiger partial charge in [-0.1, -0.05) is 36.5 Å². The summed E-state index contributed by atoms with van der Waals surface area (Å²) in [4.78, 5) is 30.1. The van der Waals surface area contributed by atoms with Crippen LogP contribution >= 0.6 is 23.2 Å². The SMILES string of the molecule is CCCCOC(=O)C(CCOC)n1cc(OC)c(-c2cc(Cl)ccc2-n2cnc(Cl)c2)cc1=O. The maximum absolute atomic E-state index is 13.2. The van der Waals surface area contributed by atoms with E-state index in [4.69, 9.17) is 37.4 Å². The number of unbranched alkanes of at least 4 members (excludes halogenated alkanes) is 1. The molecule has 10 heteroatoms. The smallest absolute Gasteiger partial charge is 0.329 e. The first-order chi connectivity index (χ1) is 16.4. The van der Waals surface area contributed by atoms with E-state index in [1.807, 2.05) is 6.92 Å². The minimum absolute atomic E-state index is 0.278. The fourth-order valence-electron chi connectivity index (χ4n) is 3.54. The van der Waals surface area contributed by atoms with Gasteiger partial charge in [0.15, 0.2) is 0 Å². The van der Waals surface area contributed by atoms with Gasteiger partial charge in [0.1, 0.15) is 23.3 Å². The maximum Gasteiger partial charge on any atom is 0.329 e. The first kappa shape index (κ1) is 25.8. The molecule has 0 N–H and O–H groups in total. The summed E-state index contributed by atoms with van der Waals surface area (Å²) in [6.07, 6.45) is 6.65. The predicted octanol–water partition coefficient (Wildman–Crippen LogP) is 4.94. The number of nitrogens with zero attached hydrogens (tertiary/aromatic N) is 3. The van der Waals surface area contributed by atoms with E-state index in [2.05, 4.69) is 4.98 Å². The highest BCUT2D eigenvalue weighted by molar-refractivity contribution is 6.31. The Kier molecular flexibility index (Phi) is 9.15. The van der Waals surface area contributed by atoms with E-state index in [9.17, 15) is 9.59 Å². The lowest BCUT2D eigenvalue weighted by Crippen LogP contribution is -2.32. The van der Waals surface area contributed by atoms with E-state index >= 15 is 0 Å². The number of pyridine rings is 1. The van der Waals surface area contributed by atoms with Crippen LogP contribution in [0.4, 0.5) is 0 Å².